The Kier molecular flexibility index (Phi) is 4.54. The molecule has 2 fully saturated rings. The quantitative estimate of drug-likeness (QED) is 0.591. The van der Waals surface area contributed by atoms with Crippen molar-refractivity contribution in [2.75, 3.05) is 7.11 Å². The minimum absolute atomic E-state index is 0.0673. The fourth-order valence-electron chi connectivity index (χ4n) is 3.48. The lowest BCUT2D eigenvalue weighted by Crippen LogP contribution is -2.47. The molecule has 1 heterocycles. The van der Waals surface area contributed by atoms with Crippen molar-refractivity contribution in [2.24, 2.45) is 5.92 Å². The maximum absolute atomic E-state index is 12.1. The highest BCUT2D eigenvalue weighted by atomic mass is 16.8. The molecule has 1 saturated heterocycles. The van der Waals surface area contributed by atoms with Crippen molar-refractivity contribution in [3.63, 3.8) is 0 Å². The van der Waals surface area contributed by atoms with Gasteiger partial charge in [-0.2, -0.15) is 0 Å². The molecule has 0 amide bonds. The van der Waals surface area contributed by atoms with Crippen LogP contribution in [-0.4, -0.2) is 36.4 Å². The van der Waals surface area contributed by atoms with E-state index in [1.165, 1.54) is 13.2 Å². The lowest BCUT2D eigenvalue weighted by atomic mass is 9.78. The molecule has 0 spiro atoms. The maximum Gasteiger partial charge on any atom is 0.330 e. The normalized spacial score (nSPS) is 35.2. The van der Waals surface area contributed by atoms with Gasteiger partial charge in [-0.15, -0.1) is 0 Å². The number of hydrogen-bond acceptors (Lipinski definition) is 5. The second kappa shape index (κ2) is 5.89. The van der Waals surface area contributed by atoms with Crippen LogP contribution in [-0.2, 0) is 23.8 Å². The molecule has 0 aromatic heterocycles. The van der Waals surface area contributed by atoms with Crippen LogP contribution in [0.1, 0.15) is 46.5 Å². The molecule has 0 aromatic carbocycles. The number of carbonyl (C=O) groups excluding carboxylic acids is 2. The van der Waals surface area contributed by atoms with Gasteiger partial charge in [0.1, 0.15) is 11.4 Å². The van der Waals surface area contributed by atoms with Gasteiger partial charge in [-0.25, -0.2) is 4.79 Å². The van der Waals surface area contributed by atoms with E-state index in [1.807, 2.05) is 13.8 Å². The highest BCUT2D eigenvalue weighted by Gasteiger charge is 2.57. The minimum Gasteiger partial charge on any atom is -0.466 e. The maximum atomic E-state index is 12.1. The van der Waals surface area contributed by atoms with E-state index in [0.717, 1.165) is 25.7 Å². The highest BCUT2D eigenvalue weighted by Crippen LogP contribution is 2.48. The van der Waals surface area contributed by atoms with E-state index in [1.54, 1.807) is 13.0 Å². The molecule has 1 saturated carbocycles. The van der Waals surface area contributed by atoms with Crippen LogP contribution < -0.4 is 0 Å². The van der Waals surface area contributed by atoms with Gasteiger partial charge in [0.05, 0.1) is 19.1 Å². The zero-order valence-corrected chi connectivity index (χ0v) is 13.2. The van der Waals surface area contributed by atoms with E-state index in [0.29, 0.717) is 0 Å². The first-order valence-corrected chi connectivity index (χ1v) is 7.46. The molecule has 118 valence electrons. The summed E-state index contributed by atoms with van der Waals surface area (Å²) in [5.74, 6) is -1.45. The van der Waals surface area contributed by atoms with Gasteiger partial charge in [-0.05, 0) is 39.7 Å². The van der Waals surface area contributed by atoms with E-state index >= 15 is 0 Å². The molecule has 0 bridgehead atoms. The van der Waals surface area contributed by atoms with E-state index in [9.17, 15) is 9.59 Å². The van der Waals surface area contributed by atoms with Gasteiger partial charge in [0.2, 0.25) is 0 Å². The van der Waals surface area contributed by atoms with Crippen molar-refractivity contribution >= 4 is 11.8 Å². The highest BCUT2D eigenvalue weighted by molar-refractivity contribution is 5.83. The summed E-state index contributed by atoms with van der Waals surface area (Å²) in [6.45, 7) is 5.26. The van der Waals surface area contributed by atoms with E-state index in [4.69, 9.17) is 9.47 Å². The van der Waals surface area contributed by atoms with Crippen molar-refractivity contribution < 1.29 is 23.8 Å². The molecular weight excluding hydrogens is 272 g/mol. The molecule has 3 atom stereocenters. The fourth-order valence-corrected chi connectivity index (χ4v) is 3.48. The molecular formula is C16H24O5. The van der Waals surface area contributed by atoms with Gasteiger partial charge >= 0.3 is 5.97 Å². The standard InChI is InChI=1S/C16H24O5/c1-11(17)12-7-5-6-8-13-16(12,10-9-14(18)19-4)21-15(2,3)20-13/h9-10,12-13H,5-8H2,1-4H3/b10-9+/t12-,13+,16-/m0/s1. The average molecular weight is 296 g/mol. The summed E-state index contributed by atoms with van der Waals surface area (Å²) in [5.41, 5.74) is -0.875. The zero-order valence-electron chi connectivity index (χ0n) is 13.2. The first kappa shape index (κ1) is 16.2. The average Bonchev–Trinajstić information content (AvgIpc) is 2.55. The van der Waals surface area contributed by atoms with Crippen LogP contribution in [0.2, 0.25) is 0 Å². The largest absolute Gasteiger partial charge is 0.466 e. The van der Waals surface area contributed by atoms with Crippen LogP contribution in [0.15, 0.2) is 12.2 Å². The van der Waals surface area contributed by atoms with Crippen LogP contribution in [0.3, 0.4) is 0 Å². The van der Waals surface area contributed by atoms with Gasteiger partial charge in [-0.1, -0.05) is 12.8 Å². The van der Waals surface area contributed by atoms with Crippen molar-refractivity contribution in [1.82, 2.24) is 0 Å². The zero-order chi connectivity index (χ0) is 15.7. The lowest BCUT2D eigenvalue weighted by Gasteiger charge is -2.35. The Bertz CT molecular complexity index is 454. The number of fused-ring (bicyclic) bond motifs is 1. The Morgan fingerprint density at radius 1 is 1.24 bits per heavy atom. The molecule has 5 heteroatoms. The first-order valence-electron chi connectivity index (χ1n) is 7.46. The second-order valence-electron chi connectivity index (χ2n) is 6.27. The molecule has 0 radical (unpaired) electrons. The summed E-state index contributed by atoms with van der Waals surface area (Å²) in [4.78, 5) is 23.6. The summed E-state index contributed by atoms with van der Waals surface area (Å²) in [7, 11) is 1.33. The van der Waals surface area contributed by atoms with Gasteiger partial charge in [0.15, 0.2) is 5.79 Å². The van der Waals surface area contributed by atoms with Crippen LogP contribution in [0.5, 0.6) is 0 Å². The number of ether oxygens (including phenoxy) is 3. The Labute approximate surface area is 125 Å². The Morgan fingerprint density at radius 3 is 2.52 bits per heavy atom. The molecule has 1 aliphatic heterocycles. The van der Waals surface area contributed by atoms with Gasteiger partial charge in [0, 0.05) is 6.08 Å². The number of hydrogen-bond donors (Lipinski definition) is 0. The summed E-state index contributed by atoms with van der Waals surface area (Å²) in [6, 6.07) is 0. The van der Waals surface area contributed by atoms with Crippen LogP contribution in [0.25, 0.3) is 0 Å². The topological polar surface area (TPSA) is 61.8 Å². The van der Waals surface area contributed by atoms with Crippen molar-refractivity contribution in [3.05, 3.63) is 12.2 Å². The molecule has 5 nitrogen and oxygen atoms in total. The van der Waals surface area contributed by atoms with Crippen molar-refractivity contribution in [3.8, 4) is 0 Å². The smallest absolute Gasteiger partial charge is 0.330 e. The number of methoxy groups -OCH3 is 1. The number of esters is 1. The Morgan fingerprint density at radius 2 is 1.90 bits per heavy atom. The monoisotopic (exact) mass is 296 g/mol. The molecule has 0 aromatic rings. The van der Waals surface area contributed by atoms with Crippen LogP contribution in [0, 0.1) is 5.92 Å². The third-order valence-electron chi connectivity index (χ3n) is 4.28. The Balaban J connectivity index is 2.44. The van der Waals surface area contributed by atoms with Crippen LogP contribution >= 0.6 is 0 Å². The SMILES string of the molecule is COC(=O)/C=C/[C@@]12OC(C)(C)O[C@@H]1CCCC[C@H]2C(C)=O. The molecule has 1 aliphatic carbocycles. The number of Topliss-reactive ketones (excluding diaryl/α,β-unsaturated/α-hetero) is 1. The molecule has 0 N–H and O–H groups in total. The molecule has 0 unspecified atom stereocenters. The summed E-state index contributed by atoms with van der Waals surface area (Å²) >= 11 is 0. The predicted molar refractivity (Wildman–Crippen MR) is 76.6 cm³/mol. The van der Waals surface area contributed by atoms with E-state index in [-0.39, 0.29) is 17.8 Å². The van der Waals surface area contributed by atoms with Gasteiger partial charge in [0.25, 0.3) is 0 Å². The van der Waals surface area contributed by atoms with Gasteiger partial charge < -0.3 is 14.2 Å². The number of rotatable bonds is 3. The fraction of sp³-hybridized carbons (Fsp3) is 0.750. The van der Waals surface area contributed by atoms with E-state index < -0.39 is 17.4 Å². The third kappa shape index (κ3) is 3.19. The lowest BCUT2D eigenvalue weighted by molar-refractivity contribution is -0.167. The first-order chi connectivity index (χ1) is 9.81. The van der Waals surface area contributed by atoms with Crippen molar-refractivity contribution in [2.45, 2.75) is 63.9 Å². The Hall–Kier alpha value is -1.20. The second-order valence-corrected chi connectivity index (χ2v) is 6.27. The number of ketones is 1. The number of carbonyl (C=O) groups is 2. The molecule has 21 heavy (non-hydrogen) atoms. The summed E-state index contributed by atoms with van der Waals surface area (Å²) in [6.07, 6.45) is 6.32. The summed E-state index contributed by atoms with van der Waals surface area (Å²) in [5, 5.41) is 0. The molecule has 2 aliphatic rings. The van der Waals surface area contributed by atoms with Gasteiger partial charge in [-0.3, -0.25) is 4.79 Å². The third-order valence-corrected chi connectivity index (χ3v) is 4.28. The minimum atomic E-state index is -0.875. The predicted octanol–water partition coefficient (Wildman–Crippen LogP) is 2.39. The van der Waals surface area contributed by atoms with E-state index in [2.05, 4.69) is 4.74 Å². The molecule has 2 rings (SSSR count). The van der Waals surface area contributed by atoms with Crippen LogP contribution in [0.4, 0.5) is 0 Å². The summed E-state index contributed by atoms with van der Waals surface area (Å²) < 4.78 is 16.8. The van der Waals surface area contributed by atoms with Crippen molar-refractivity contribution in [1.29, 1.82) is 0 Å².